The molecule has 2 fully saturated rings. The normalized spacial score (nSPS) is 28.7. The summed E-state index contributed by atoms with van der Waals surface area (Å²) >= 11 is 0. The van der Waals surface area contributed by atoms with Crippen molar-refractivity contribution in [3.8, 4) is 0 Å². The molecule has 0 aliphatic carbocycles. The van der Waals surface area contributed by atoms with Crippen LogP contribution < -0.4 is 5.32 Å². The number of carboxylic acid groups (broad SMARTS) is 1. The summed E-state index contributed by atoms with van der Waals surface area (Å²) in [7, 11) is -1.24. The second-order valence-corrected chi connectivity index (χ2v) is 11.8. The van der Waals surface area contributed by atoms with Gasteiger partial charge in [-0.05, 0) is 19.4 Å². The third-order valence-corrected chi connectivity index (χ3v) is 10.8. The molecule has 164 valence electrons. The van der Waals surface area contributed by atoms with Crippen molar-refractivity contribution in [2.24, 2.45) is 0 Å². The highest BCUT2D eigenvalue weighted by atomic mass is 32.3. The fourth-order valence-electron chi connectivity index (χ4n) is 4.47. The second kappa shape index (κ2) is 7.92. The first-order valence-electron chi connectivity index (χ1n) is 9.59. The lowest BCUT2D eigenvalue weighted by Gasteiger charge is -2.50. The van der Waals surface area contributed by atoms with Gasteiger partial charge in [0, 0.05) is 18.3 Å². The van der Waals surface area contributed by atoms with Gasteiger partial charge in [0.05, 0.1) is 17.7 Å². The van der Waals surface area contributed by atoms with Gasteiger partial charge in [0.1, 0.15) is 12.6 Å². The average molecular weight is 438 g/mol. The van der Waals surface area contributed by atoms with E-state index in [1.54, 1.807) is 13.8 Å². The number of carbonyl (C=O) groups excluding carboxylic acids is 3. The van der Waals surface area contributed by atoms with E-state index in [4.69, 9.17) is 0 Å². The molecule has 1 aromatic carbocycles. The number of benzene rings is 1. The van der Waals surface area contributed by atoms with Gasteiger partial charge in [-0.15, -0.1) is 10.0 Å². The Balaban J connectivity index is 2.05. The Kier molecular flexibility index (Phi) is 5.83. The van der Waals surface area contributed by atoms with Crippen LogP contribution in [0.3, 0.4) is 0 Å². The zero-order valence-electron chi connectivity index (χ0n) is 17.2. The predicted molar refractivity (Wildman–Crippen MR) is 112 cm³/mol. The number of aliphatic hydroxyl groups is 1. The summed E-state index contributed by atoms with van der Waals surface area (Å²) in [4.78, 5) is 52.9. The highest BCUT2D eigenvalue weighted by Crippen LogP contribution is 2.74. The monoisotopic (exact) mass is 437 g/mol. The molecule has 0 radical (unpaired) electrons. The number of fused-ring (bicyclic) bond motifs is 1. The number of carboxylic acids is 1. The minimum atomic E-state index is -2.71. The van der Waals surface area contributed by atoms with Crippen molar-refractivity contribution in [2.75, 3.05) is 19.5 Å². The molecule has 1 aromatic rings. The Labute approximate surface area is 176 Å². The van der Waals surface area contributed by atoms with Crippen molar-refractivity contribution in [2.45, 2.75) is 43.0 Å². The van der Waals surface area contributed by atoms with Crippen molar-refractivity contribution in [3.63, 3.8) is 0 Å². The molecule has 0 saturated carbocycles. The molecule has 10 heteroatoms. The summed E-state index contributed by atoms with van der Waals surface area (Å²) in [6, 6.07) is 7.92. The van der Waals surface area contributed by atoms with Crippen LogP contribution >= 0.6 is 10.0 Å². The third kappa shape index (κ3) is 3.14. The smallest absolute Gasteiger partial charge is 0.327 e. The molecular weight excluding hydrogens is 410 g/mol. The Morgan fingerprint density at radius 1 is 1.27 bits per heavy atom. The number of aliphatic carboxylic acids is 1. The van der Waals surface area contributed by atoms with E-state index < -0.39 is 43.3 Å². The Morgan fingerprint density at radius 2 is 1.90 bits per heavy atom. The number of nitrogens with one attached hydrogen (secondary N) is 1. The van der Waals surface area contributed by atoms with Gasteiger partial charge in [-0.2, -0.15) is 0 Å². The van der Waals surface area contributed by atoms with Gasteiger partial charge in [0.2, 0.25) is 11.8 Å². The molecule has 1 unspecified atom stereocenters. The number of carbonyl (C=O) groups is 4. The number of nitrogens with zero attached hydrogens (tertiary/aromatic N) is 2. The molecule has 3 amide bonds. The number of aliphatic hydroxyl groups excluding tert-OH is 1. The van der Waals surface area contributed by atoms with Gasteiger partial charge in [-0.3, -0.25) is 14.4 Å². The molecular formula is C20H27N3O6S. The zero-order valence-corrected chi connectivity index (χ0v) is 18.0. The van der Waals surface area contributed by atoms with Crippen LogP contribution in [0.15, 0.2) is 30.3 Å². The van der Waals surface area contributed by atoms with E-state index in [9.17, 15) is 29.4 Å². The summed E-state index contributed by atoms with van der Waals surface area (Å²) in [6.45, 7) is 3.16. The van der Waals surface area contributed by atoms with E-state index in [2.05, 4.69) is 5.32 Å². The molecule has 2 aliphatic rings. The van der Waals surface area contributed by atoms with E-state index in [0.29, 0.717) is 0 Å². The molecule has 0 spiro atoms. The van der Waals surface area contributed by atoms with Gasteiger partial charge in [0.15, 0.2) is 0 Å². The first-order valence-corrected chi connectivity index (χ1v) is 11.5. The molecule has 30 heavy (non-hydrogen) atoms. The number of hydrogen-bond acceptors (Lipinski definition) is 5. The highest BCUT2D eigenvalue weighted by Gasteiger charge is 2.72. The van der Waals surface area contributed by atoms with Crippen LogP contribution in [0.25, 0.3) is 0 Å². The lowest BCUT2D eigenvalue weighted by Crippen LogP contribution is -2.57. The number of hydrogen-bond donors (Lipinski definition) is 3. The van der Waals surface area contributed by atoms with Crippen LogP contribution in [0.2, 0.25) is 0 Å². The standard InChI is InChI=1S/C20H27N3O6S/c1-20(2)17(18(27)28)23-15(26)9-16(23)30(20,12-24)19(29)22(11-14(25)21-3)10-13-7-5-4-6-8-13/h4-8,16-17,24H,9-12H2,1-3H3,(H,21,25)(H,27,28)/t16-,17+/m1/s1. The SMILES string of the molecule is CNC(=O)CN(Cc1ccccc1)C(=O)S1(CO)[C@@H]2CC(=O)N2[C@@H](C(=O)O)C1(C)C. The third-order valence-electron chi connectivity index (χ3n) is 6.12. The number of rotatable bonds is 6. The fraction of sp³-hybridized carbons (Fsp3) is 0.500. The highest BCUT2D eigenvalue weighted by molar-refractivity contribution is 8.46. The van der Waals surface area contributed by atoms with E-state index in [1.165, 1.54) is 16.8 Å². The summed E-state index contributed by atoms with van der Waals surface area (Å²) < 4.78 is -1.17. The van der Waals surface area contributed by atoms with Crippen molar-refractivity contribution in [3.05, 3.63) is 35.9 Å². The summed E-state index contributed by atoms with van der Waals surface area (Å²) in [5, 5.41) is 21.7. The minimum Gasteiger partial charge on any atom is -0.480 e. The maximum Gasteiger partial charge on any atom is 0.327 e. The lowest BCUT2D eigenvalue weighted by molar-refractivity contribution is -0.157. The molecule has 3 rings (SSSR count). The number of β-lactam (4-membered cyclic amide) rings is 1. The van der Waals surface area contributed by atoms with Crippen LogP contribution in [-0.2, 0) is 20.9 Å². The number of amides is 3. The second-order valence-electron chi connectivity index (χ2n) is 8.01. The van der Waals surface area contributed by atoms with Gasteiger partial charge in [0.25, 0.3) is 5.24 Å². The van der Waals surface area contributed by atoms with Gasteiger partial charge in [-0.1, -0.05) is 30.3 Å². The van der Waals surface area contributed by atoms with Crippen LogP contribution in [0.1, 0.15) is 25.8 Å². The number of likely N-dealkylation sites (N-methyl/N-ethyl adjacent to an activating group) is 1. The quantitative estimate of drug-likeness (QED) is 0.568. The molecule has 2 aliphatic heterocycles. The van der Waals surface area contributed by atoms with Crippen molar-refractivity contribution < 1.29 is 29.4 Å². The molecule has 3 atom stereocenters. The summed E-state index contributed by atoms with van der Waals surface area (Å²) in [5.41, 5.74) is 0.800. The van der Waals surface area contributed by atoms with Crippen LogP contribution in [0, 0.1) is 0 Å². The van der Waals surface area contributed by atoms with E-state index in [1.807, 2.05) is 30.3 Å². The Morgan fingerprint density at radius 3 is 2.37 bits per heavy atom. The van der Waals surface area contributed by atoms with Crippen LogP contribution in [0.4, 0.5) is 4.79 Å². The predicted octanol–water partition coefficient (Wildman–Crippen LogP) is 0.913. The first-order chi connectivity index (χ1) is 14.1. The Bertz CT molecular complexity index is 877. The van der Waals surface area contributed by atoms with E-state index in [0.717, 1.165) is 5.56 Å². The van der Waals surface area contributed by atoms with Crippen molar-refractivity contribution in [1.82, 2.24) is 15.1 Å². The zero-order chi connectivity index (χ0) is 22.3. The maximum absolute atomic E-state index is 13.9. The molecule has 0 aromatic heterocycles. The van der Waals surface area contributed by atoms with Gasteiger partial charge >= 0.3 is 5.97 Å². The topological polar surface area (TPSA) is 127 Å². The largest absolute Gasteiger partial charge is 0.480 e. The fourth-order valence-corrected chi connectivity index (χ4v) is 8.73. The van der Waals surface area contributed by atoms with Gasteiger partial charge < -0.3 is 25.3 Å². The minimum absolute atomic E-state index is 0.0218. The van der Waals surface area contributed by atoms with E-state index in [-0.39, 0.29) is 31.3 Å². The lowest BCUT2D eigenvalue weighted by atomic mass is 9.98. The maximum atomic E-state index is 13.9. The van der Waals surface area contributed by atoms with Crippen LogP contribution in [-0.4, -0.2) is 78.7 Å². The first kappa shape index (κ1) is 22.1. The van der Waals surface area contributed by atoms with Gasteiger partial charge in [-0.25, -0.2) is 4.79 Å². The summed E-state index contributed by atoms with van der Waals surface area (Å²) in [6.07, 6.45) is 0.0218. The molecule has 3 N–H and O–H groups in total. The van der Waals surface area contributed by atoms with Crippen LogP contribution in [0.5, 0.6) is 0 Å². The Hall–Kier alpha value is -2.59. The van der Waals surface area contributed by atoms with Crippen molar-refractivity contribution >= 4 is 33.1 Å². The average Bonchev–Trinajstić information content (AvgIpc) is 2.87. The van der Waals surface area contributed by atoms with Crippen molar-refractivity contribution in [1.29, 1.82) is 0 Å². The van der Waals surface area contributed by atoms with E-state index >= 15 is 0 Å². The molecule has 0 bridgehead atoms. The molecule has 9 nitrogen and oxygen atoms in total. The summed E-state index contributed by atoms with van der Waals surface area (Å²) in [5.74, 6) is -2.46. The molecule has 2 heterocycles. The molecule has 2 saturated heterocycles.